The summed E-state index contributed by atoms with van der Waals surface area (Å²) in [5.74, 6) is 0. The minimum absolute atomic E-state index is 0. The van der Waals surface area contributed by atoms with Crippen molar-refractivity contribution < 1.29 is 20.4 Å². The summed E-state index contributed by atoms with van der Waals surface area (Å²) in [6, 6.07) is 100. The van der Waals surface area contributed by atoms with Crippen LogP contribution in [0.1, 0.15) is 0 Å². The second-order valence-electron chi connectivity index (χ2n) is 8.62. The van der Waals surface area contributed by atoms with Gasteiger partial charge in [0.1, 0.15) is 0 Å². The summed E-state index contributed by atoms with van der Waals surface area (Å²) in [4.78, 5) is 0. The van der Waals surface area contributed by atoms with Crippen molar-refractivity contribution in [2.45, 2.75) is 0 Å². The molecule has 0 unspecified atom stereocenters. The average molecular weight is 723 g/mol. The van der Waals surface area contributed by atoms with Gasteiger partial charge in [-0.3, -0.25) is 0 Å². The number of hydrogen-bond acceptors (Lipinski definition) is 0. The van der Waals surface area contributed by atoms with Gasteiger partial charge in [-0.15, -0.1) is 0 Å². The van der Waals surface area contributed by atoms with Crippen molar-refractivity contribution >= 4 is 0 Å². The Bertz CT molecular complexity index is 961. The second kappa shape index (κ2) is 40.4. The second-order valence-corrected chi connectivity index (χ2v) is 8.62. The molecule has 0 aromatic heterocycles. The third kappa shape index (κ3) is 38.5. The molecule has 0 heterocycles. The molecule has 0 radical (unpaired) electrons. The molecule has 49 heavy (non-hydrogen) atoms. The van der Waals surface area contributed by atoms with Crippen molar-refractivity contribution in [3.05, 3.63) is 291 Å². The van der Waals surface area contributed by atoms with Gasteiger partial charge < -0.3 is 0 Å². The Labute approximate surface area is 310 Å². The first-order valence-corrected chi connectivity index (χ1v) is 15.3. The summed E-state index contributed by atoms with van der Waals surface area (Å²) in [6.07, 6.45) is 0. The molecular weight excluding hydrogens is 683 g/mol. The molecule has 0 fully saturated rings. The fourth-order valence-corrected chi connectivity index (χ4v) is 2.74. The molecule has 0 amide bonds. The van der Waals surface area contributed by atoms with Crippen molar-refractivity contribution in [3.8, 4) is 0 Å². The predicted octanol–water partition coefficient (Wildman–Crippen LogP) is 11.9. The van der Waals surface area contributed by atoms with Crippen LogP contribution in [0.3, 0.4) is 0 Å². The molecule has 8 aromatic carbocycles. The Morgan fingerprint density at radius 2 is 0.204 bits per heavy atom. The van der Waals surface area contributed by atoms with Crippen LogP contribution in [0.5, 0.6) is 0 Å². The predicted molar refractivity (Wildman–Crippen MR) is 202 cm³/mol. The largest absolute Gasteiger partial charge is 0.184 e. The maximum absolute atomic E-state index is 2.89. The molecule has 0 aliphatic rings. The quantitative estimate of drug-likeness (QED) is 0.108. The number of hydrogen-bond donors (Lipinski definition) is 0. The molecule has 0 N–H and O–H groups in total. The van der Waals surface area contributed by atoms with Crippen LogP contribution in [-0.2, 0) is 20.4 Å². The topological polar surface area (TPSA) is 0 Å². The molecule has 8 aromatic rings. The maximum atomic E-state index is 2.89. The minimum Gasteiger partial charge on any atom is -0.184 e. The first-order chi connectivity index (χ1) is 24.0. The molecular formula is C48H40Pd-8. The Morgan fingerprint density at radius 3 is 0.224 bits per heavy atom. The molecule has 250 valence electrons. The maximum Gasteiger partial charge on any atom is 0 e. The van der Waals surface area contributed by atoms with Crippen LogP contribution >= 0.6 is 0 Å². The van der Waals surface area contributed by atoms with Crippen molar-refractivity contribution in [2.24, 2.45) is 0 Å². The summed E-state index contributed by atoms with van der Waals surface area (Å²) in [7, 11) is 0. The molecule has 0 aliphatic heterocycles. The first kappa shape index (κ1) is 43.4. The van der Waals surface area contributed by atoms with E-state index < -0.39 is 0 Å². The van der Waals surface area contributed by atoms with Gasteiger partial charge in [0.2, 0.25) is 0 Å². The summed E-state index contributed by atoms with van der Waals surface area (Å²) in [6.45, 7) is 0. The average Bonchev–Trinajstić information content (AvgIpc) is 3.25. The van der Waals surface area contributed by atoms with Gasteiger partial charge in [-0.05, 0) is 0 Å². The number of rotatable bonds is 0. The van der Waals surface area contributed by atoms with Crippen LogP contribution < -0.4 is 0 Å². The molecule has 1 heteroatoms. The van der Waals surface area contributed by atoms with E-state index in [4.69, 9.17) is 0 Å². The van der Waals surface area contributed by atoms with Gasteiger partial charge in [-0.1, -0.05) is 0 Å². The van der Waals surface area contributed by atoms with Gasteiger partial charge in [0.05, 0.1) is 0 Å². The molecule has 0 aliphatic carbocycles. The third-order valence-corrected chi connectivity index (χ3v) is 4.86. The van der Waals surface area contributed by atoms with Gasteiger partial charge >= 0.3 is 0 Å². The normalized spacial score (nSPS) is 7.84. The van der Waals surface area contributed by atoms with Crippen molar-refractivity contribution in [3.63, 3.8) is 0 Å². The summed E-state index contributed by atoms with van der Waals surface area (Å²) < 4.78 is 0. The molecule has 8 rings (SSSR count). The van der Waals surface area contributed by atoms with Crippen molar-refractivity contribution in [1.82, 2.24) is 0 Å². The van der Waals surface area contributed by atoms with Crippen molar-refractivity contribution in [2.75, 3.05) is 0 Å². The first-order valence-electron chi connectivity index (χ1n) is 15.3. The Balaban J connectivity index is 0.000000536. The van der Waals surface area contributed by atoms with Crippen LogP contribution in [0.15, 0.2) is 243 Å². The minimum atomic E-state index is 0. The SMILES string of the molecule is [Pd].[c-]1ccccc1.[c-]1ccccc1.[c-]1ccccc1.[c-]1ccccc1.[c-]1ccccc1.[c-]1ccccc1.[c-]1ccccc1.[c-]1ccccc1. The molecule has 0 bridgehead atoms. The zero-order valence-electron chi connectivity index (χ0n) is 27.4. The van der Waals surface area contributed by atoms with Crippen LogP contribution in [0.25, 0.3) is 0 Å². The fourth-order valence-electron chi connectivity index (χ4n) is 2.74. The Kier molecular flexibility index (Phi) is 35.8. The van der Waals surface area contributed by atoms with Gasteiger partial charge in [0, 0.05) is 20.4 Å². The van der Waals surface area contributed by atoms with Gasteiger partial charge in [0.15, 0.2) is 0 Å². The molecule has 0 spiro atoms. The fraction of sp³-hybridized carbons (Fsp3) is 0. The van der Waals surface area contributed by atoms with E-state index in [0.717, 1.165) is 0 Å². The zero-order valence-corrected chi connectivity index (χ0v) is 29.0. The molecule has 0 nitrogen and oxygen atoms in total. The molecule has 0 saturated carbocycles. The summed E-state index contributed by atoms with van der Waals surface area (Å²) in [5.41, 5.74) is 0. The van der Waals surface area contributed by atoms with E-state index in [9.17, 15) is 0 Å². The van der Waals surface area contributed by atoms with E-state index in [1.165, 1.54) is 0 Å². The van der Waals surface area contributed by atoms with Crippen LogP contribution in [0, 0.1) is 48.5 Å². The number of benzene rings is 8. The van der Waals surface area contributed by atoms with Gasteiger partial charge in [-0.2, -0.15) is 291 Å². The monoisotopic (exact) mass is 722 g/mol. The van der Waals surface area contributed by atoms with Crippen LogP contribution in [-0.4, -0.2) is 0 Å². The van der Waals surface area contributed by atoms with Gasteiger partial charge in [-0.25, -0.2) is 0 Å². The van der Waals surface area contributed by atoms with Gasteiger partial charge in [0.25, 0.3) is 0 Å². The van der Waals surface area contributed by atoms with Crippen LogP contribution in [0.2, 0.25) is 0 Å². The van der Waals surface area contributed by atoms with E-state index in [1.807, 2.05) is 243 Å². The summed E-state index contributed by atoms with van der Waals surface area (Å²) in [5, 5.41) is 0. The third-order valence-electron chi connectivity index (χ3n) is 4.86. The molecule has 0 atom stereocenters. The smallest absolute Gasteiger partial charge is 0 e. The summed E-state index contributed by atoms with van der Waals surface area (Å²) >= 11 is 0. The van der Waals surface area contributed by atoms with E-state index in [-0.39, 0.29) is 20.4 Å². The Hall–Kier alpha value is -5.58. The van der Waals surface area contributed by atoms with E-state index in [0.29, 0.717) is 0 Å². The van der Waals surface area contributed by atoms with Crippen LogP contribution in [0.4, 0.5) is 0 Å². The van der Waals surface area contributed by atoms with E-state index in [1.54, 1.807) is 0 Å². The molecule has 0 saturated heterocycles. The van der Waals surface area contributed by atoms with Crippen molar-refractivity contribution in [1.29, 1.82) is 0 Å². The Morgan fingerprint density at radius 1 is 0.122 bits per heavy atom. The van der Waals surface area contributed by atoms with E-state index in [2.05, 4.69) is 48.5 Å². The zero-order chi connectivity index (χ0) is 33.9. The standard InChI is InChI=1S/8C6H5.Pd/c8*1-2-4-6-5-3-1;/h8*1-5H;/q8*-1;. The van der Waals surface area contributed by atoms with E-state index >= 15 is 0 Å².